The first-order valence-corrected chi connectivity index (χ1v) is 14.1. The molecule has 7 rings (SSSR count). The molecule has 4 bridgehead atoms. The van der Waals surface area contributed by atoms with Gasteiger partial charge >= 0.3 is 0 Å². The van der Waals surface area contributed by atoms with Gasteiger partial charge in [0.15, 0.2) is 0 Å². The van der Waals surface area contributed by atoms with Crippen LogP contribution in [0.15, 0.2) is 24.3 Å². The van der Waals surface area contributed by atoms with E-state index >= 15 is 0 Å². The number of amides is 2. The Morgan fingerprint density at radius 1 is 0.794 bits per heavy atom. The van der Waals surface area contributed by atoms with Crippen LogP contribution >= 0.6 is 0 Å². The monoisotopic (exact) mass is 462 g/mol. The van der Waals surface area contributed by atoms with Gasteiger partial charge in [-0.05, 0) is 93.9 Å². The number of likely N-dealkylation sites (tertiary alicyclic amines) is 2. The summed E-state index contributed by atoms with van der Waals surface area (Å²) >= 11 is 0. The Bertz CT molecular complexity index is 908. The molecule has 0 radical (unpaired) electrons. The smallest absolute Gasteiger partial charge is 0.228 e. The molecule has 2 amide bonds. The molecule has 4 aliphatic carbocycles. The summed E-state index contributed by atoms with van der Waals surface area (Å²) in [5, 5.41) is 0. The molecule has 2 aliphatic heterocycles. The maximum Gasteiger partial charge on any atom is 0.228 e. The van der Waals surface area contributed by atoms with Crippen LogP contribution in [-0.4, -0.2) is 47.8 Å². The van der Waals surface area contributed by atoms with E-state index < -0.39 is 0 Å². The molecular formula is C30H42N2O2. The first-order valence-electron chi connectivity index (χ1n) is 14.1. The summed E-state index contributed by atoms with van der Waals surface area (Å²) in [6, 6.07) is 9.21. The van der Waals surface area contributed by atoms with Gasteiger partial charge in [-0.2, -0.15) is 0 Å². The molecule has 2 saturated heterocycles. The van der Waals surface area contributed by atoms with E-state index in [0.717, 1.165) is 71.1 Å². The maximum absolute atomic E-state index is 14.1. The van der Waals surface area contributed by atoms with Crippen molar-refractivity contribution in [2.45, 2.75) is 89.4 Å². The molecule has 0 aromatic heterocycles. The van der Waals surface area contributed by atoms with Gasteiger partial charge in [0.25, 0.3) is 0 Å². The van der Waals surface area contributed by atoms with Crippen molar-refractivity contribution in [1.29, 1.82) is 0 Å². The molecule has 2 heterocycles. The van der Waals surface area contributed by atoms with E-state index in [0.29, 0.717) is 23.7 Å². The number of carbonyl (C=O) groups is 2. The van der Waals surface area contributed by atoms with Gasteiger partial charge < -0.3 is 9.80 Å². The first-order chi connectivity index (χ1) is 16.5. The zero-order valence-electron chi connectivity index (χ0n) is 21.1. The summed E-state index contributed by atoms with van der Waals surface area (Å²) in [4.78, 5) is 31.6. The molecule has 4 saturated carbocycles. The highest BCUT2D eigenvalue weighted by Crippen LogP contribution is 2.66. The Kier molecular flexibility index (Phi) is 5.77. The molecule has 4 nitrogen and oxygen atoms in total. The Labute approximate surface area is 205 Å². The lowest BCUT2D eigenvalue weighted by molar-refractivity contribution is -0.162. The number of rotatable bonds is 3. The molecule has 0 spiro atoms. The topological polar surface area (TPSA) is 40.6 Å². The Morgan fingerprint density at radius 3 is 2.03 bits per heavy atom. The van der Waals surface area contributed by atoms with E-state index in [1.807, 2.05) is 0 Å². The molecule has 4 heteroatoms. The minimum atomic E-state index is -0.156. The van der Waals surface area contributed by atoms with Crippen LogP contribution in [0.3, 0.4) is 0 Å². The van der Waals surface area contributed by atoms with Gasteiger partial charge in [0, 0.05) is 32.1 Å². The largest absolute Gasteiger partial charge is 0.342 e. The summed E-state index contributed by atoms with van der Waals surface area (Å²) in [5.41, 5.74) is 2.84. The second kappa shape index (κ2) is 8.68. The van der Waals surface area contributed by atoms with Crippen LogP contribution in [0.4, 0.5) is 0 Å². The zero-order chi connectivity index (χ0) is 23.3. The predicted octanol–water partition coefficient (Wildman–Crippen LogP) is 5.47. The molecule has 2 atom stereocenters. The molecule has 34 heavy (non-hydrogen) atoms. The predicted molar refractivity (Wildman–Crippen MR) is 134 cm³/mol. The Balaban J connectivity index is 1.15. The van der Waals surface area contributed by atoms with Crippen molar-refractivity contribution in [2.24, 2.45) is 23.2 Å². The van der Waals surface area contributed by atoms with Crippen molar-refractivity contribution in [1.82, 2.24) is 9.80 Å². The average Bonchev–Trinajstić information content (AvgIpc) is 3.12. The highest BCUT2D eigenvalue weighted by molar-refractivity contribution is 5.84. The zero-order valence-corrected chi connectivity index (χ0v) is 21.1. The lowest BCUT2D eigenvalue weighted by Crippen LogP contribution is -2.60. The highest BCUT2D eigenvalue weighted by atomic mass is 16.2. The van der Waals surface area contributed by atoms with Crippen molar-refractivity contribution >= 4 is 11.8 Å². The molecule has 6 fully saturated rings. The summed E-state index contributed by atoms with van der Waals surface area (Å²) in [6.45, 7) is 5.58. The number of hydrogen-bond acceptors (Lipinski definition) is 2. The van der Waals surface area contributed by atoms with Crippen LogP contribution < -0.4 is 0 Å². The van der Waals surface area contributed by atoms with Crippen molar-refractivity contribution < 1.29 is 9.59 Å². The van der Waals surface area contributed by atoms with Gasteiger partial charge in [-0.25, -0.2) is 0 Å². The number of hydrogen-bond donors (Lipinski definition) is 0. The minimum absolute atomic E-state index is 0.123. The van der Waals surface area contributed by atoms with Gasteiger partial charge in [-0.1, -0.05) is 42.7 Å². The first kappa shape index (κ1) is 22.6. The van der Waals surface area contributed by atoms with Crippen LogP contribution in [0.5, 0.6) is 0 Å². The summed E-state index contributed by atoms with van der Waals surface area (Å²) in [5.74, 6) is 2.32. The molecule has 2 unspecified atom stereocenters. The van der Waals surface area contributed by atoms with Gasteiger partial charge in [0.2, 0.25) is 11.8 Å². The highest BCUT2D eigenvalue weighted by Gasteiger charge is 2.61. The molecule has 6 aliphatic rings. The van der Waals surface area contributed by atoms with E-state index in [2.05, 4.69) is 41.0 Å². The van der Waals surface area contributed by atoms with Crippen LogP contribution in [-0.2, 0) is 15.0 Å². The standard InChI is InChI=1S/C30H42N2O2/c1-22-6-8-26(9-7-22)29-17-23-16-24(18-29)20-30(19-23,21-29)28(34)32-14-10-25(11-15-32)27(33)31-12-4-2-3-5-13-31/h6-9,23-25H,2-5,10-21H2,1H3. The van der Waals surface area contributed by atoms with Crippen LogP contribution in [0.2, 0.25) is 0 Å². The van der Waals surface area contributed by atoms with E-state index in [-0.39, 0.29) is 16.7 Å². The fourth-order valence-electron chi connectivity index (χ4n) is 8.97. The van der Waals surface area contributed by atoms with Crippen LogP contribution in [0.1, 0.15) is 88.2 Å². The quantitative estimate of drug-likeness (QED) is 0.597. The molecule has 1 aromatic rings. The second-order valence-corrected chi connectivity index (χ2v) is 12.7. The van der Waals surface area contributed by atoms with Gasteiger partial charge in [-0.15, -0.1) is 0 Å². The molecule has 1 aromatic carbocycles. The third-order valence-corrected chi connectivity index (χ3v) is 10.2. The van der Waals surface area contributed by atoms with Crippen molar-refractivity contribution in [3.8, 4) is 0 Å². The normalized spacial score (nSPS) is 35.9. The Morgan fingerprint density at radius 2 is 1.41 bits per heavy atom. The molecule has 0 N–H and O–H groups in total. The van der Waals surface area contributed by atoms with Crippen LogP contribution in [0, 0.1) is 30.1 Å². The van der Waals surface area contributed by atoms with Crippen LogP contribution in [0.25, 0.3) is 0 Å². The number of aryl methyl sites for hydroxylation is 1. The van der Waals surface area contributed by atoms with E-state index in [4.69, 9.17) is 0 Å². The van der Waals surface area contributed by atoms with E-state index in [1.165, 1.54) is 43.2 Å². The fraction of sp³-hybridized carbons (Fsp3) is 0.733. The van der Waals surface area contributed by atoms with Crippen molar-refractivity contribution in [2.75, 3.05) is 26.2 Å². The fourth-order valence-corrected chi connectivity index (χ4v) is 8.97. The van der Waals surface area contributed by atoms with E-state index in [1.54, 1.807) is 0 Å². The van der Waals surface area contributed by atoms with E-state index in [9.17, 15) is 9.59 Å². The number of benzene rings is 1. The maximum atomic E-state index is 14.1. The Hall–Kier alpha value is -1.84. The average molecular weight is 463 g/mol. The summed E-state index contributed by atoms with van der Waals surface area (Å²) < 4.78 is 0. The third-order valence-electron chi connectivity index (χ3n) is 10.2. The molecule has 184 valence electrons. The van der Waals surface area contributed by atoms with Crippen molar-refractivity contribution in [3.63, 3.8) is 0 Å². The van der Waals surface area contributed by atoms with Gasteiger partial charge in [0.05, 0.1) is 5.41 Å². The van der Waals surface area contributed by atoms with Gasteiger partial charge in [-0.3, -0.25) is 9.59 Å². The SMILES string of the molecule is Cc1ccc(C23CC4CC(CC(C(=O)N5CCC(C(=O)N6CCCCCC6)CC5)(C4)C2)C3)cc1. The van der Waals surface area contributed by atoms with Crippen molar-refractivity contribution in [3.05, 3.63) is 35.4 Å². The molecular weight excluding hydrogens is 420 g/mol. The third kappa shape index (κ3) is 3.89. The lowest BCUT2D eigenvalue weighted by atomic mass is 9.42. The lowest BCUT2D eigenvalue weighted by Gasteiger charge is -2.62. The summed E-state index contributed by atoms with van der Waals surface area (Å²) in [6.07, 6.45) is 13.6. The minimum Gasteiger partial charge on any atom is -0.342 e. The second-order valence-electron chi connectivity index (χ2n) is 12.7. The number of piperidine rings is 1. The van der Waals surface area contributed by atoms with Gasteiger partial charge in [0.1, 0.15) is 0 Å². The summed E-state index contributed by atoms with van der Waals surface area (Å²) in [7, 11) is 0. The number of carbonyl (C=O) groups excluding carboxylic acids is 2. The number of nitrogens with zero attached hydrogens (tertiary/aromatic N) is 2.